The van der Waals surface area contributed by atoms with Gasteiger partial charge in [0.2, 0.25) is 0 Å². The third-order valence-corrected chi connectivity index (χ3v) is 3.78. The predicted molar refractivity (Wildman–Crippen MR) is 79.1 cm³/mol. The van der Waals surface area contributed by atoms with E-state index >= 15 is 0 Å². The van der Waals surface area contributed by atoms with E-state index in [1.165, 1.54) is 18.4 Å². The summed E-state index contributed by atoms with van der Waals surface area (Å²) in [7, 11) is 1.38. The van der Waals surface area contributed by atoms with Gasteiger partial charge >= 0.3 is 5.97 Å². The van der Waals surface area contributed by atoms with Crippen molar-refractivity contribution in [3.8, 4) is 0 Å². The summed E-state index contributed by atoms with van der Waals surface area (Å²) in [6, 6.07) is 0. The molecule has 1 aromatic heterocycles. The second kappa shape index (κ2) is 7.84. The quantitative estimate of drug-likeness (QED) is 0.591. The summed E-state index contributed by atoms with van der Waals surface area (Å²) >= 11 is 1.53. The molecular formula is C14H20N2O2S. The lowest BCUT2D eigenvalue weighted by Crippen LogP contribution is -2.05. The first-order valence-electron chi connectivity index (χ1n) is 6.38. The van der Waals surface area contributed by atoms with Crippen LogP contribution in [-0.4, -0.2) is 23.8 Å². The van der Waals surface area contributed by atoms with Crippen LogP contribution in [0.5, 0.6) is 0 Å². The van der Waals surface area contributed by atoms with Gasteiger partial charge in [-0.2, -0.15) is 0 Å². The smallest absolute Gasteiger partial charge is 0.357 e. The van der Waals surface area contributed by atoms with Crippen LogP contribution in [-0.2, 0) is 11.2 Å². The van der Waals surface area contributed by atoms with Crippen molar-refractivity contribution in [1.82, 2.24) is 4.98 Å². The van der Waals surface area contributed by atoms with E-state index in [0.717, 1.165) is 34.9 Å². The molecule has 0 unspecified atom stereocenters. The lowest BCUT2D eigenvalue weighted by molar-refractivity contribution is 0.0593. The van der Waals surface area contributed by atoms with Crippen LogP contribution in [0.4, 0.5) is 0 Å². The monoisotopic (exact) mass is 280 g/mol. The molecule has 0 bridgehead atoms. The van der Waals surface area contributed by atoms with Crippen molar-refractivity contribution in [3.63, 3.8) is 0 Å². The van der Waals surface area contributed by atoms with Gasteiger partial charge in [0.15, 0.2) is 5.69 Å². The Balaban J connectivity index is 3.08. The number of hydrogen-bond acceptors (Lipinski definition) is 5. The molecule has 0 radical (unpaired) electrons. The van der Waals surface area contributed by atoms with Crippen molar-refractivity contribution in [2.75, 3.05) is 7.11 Å². The number of aromatic nitrogens is 1. The third-order valence-electron chi connectivity index (χ3n) is 2.56. The van der Waals surface area contributed by atoms with Gasteiger partial charge in [-0.1, -0.05) is 19.4 Å². The van der Waals surface area contributed by atoms with Gasteiger partial charge in [0.05, 0.1) is 12.8 Å². The summed E-state index contributed by atoms with van der Waals surface area (Å²) in [5.74, 6) is -0.368. The van der Waals surface area contributed by atoms with Gasteiger partial charge in [0, 0.05) is 11.1 Å². The molecule has 1 rings (SSSR count). The Morgan fingerprint density at radius 2 is 2.26 bits per heavy atom. The molecule has 1 heterocycles. The molecule has 0 saturated carbocycles. The van der Waals surface area contributed by atoms with Gasteiger partial charge in [-0.3, -0.25) is 4.99 Å². The molecular weight excluding hydrogens is 260 g/mol. The molecule has 0 aromatic carbocycles. The number of allylic oxidation sites excluding steroid dienone is 1. The number of methoxy groups -OCH3 is 1. The third kappa shape index (κ3) is 4.28. The van der Waals surface area contributed by atoms with Crippen molar-refractivity contribution in [2.45, 2.75) is 40.0 Å². The second-order valence-electron chi connectivity index (χ2n) is 4.08. The van der Waals surface area contributed by atoms with Gasteiger partial charge < -0.3 is 4.74 Å². The summed E-state index contributed by atoms with van der Waals surface area (Å²) in [6.45, 7) is 5.92. The molecule has 0 aliphatic heterocycles. The van der Waals surface area contributed by atoms with E-state index in [2.05, 4.69) is 16.9 Å². The molecule has 0 N–H and O–H groups in total. The fourth-order valence-electron chi connectivity index (χ4n) is 1.51. The Kier molecular flexibility index (Phi) is 6.42. The van der Waals surface area contributed by atoms with E-state index in [4.69, 9.17) is 4.74 Å². The van der Waals surface area contributed by atoms with Crippen LogP contribution >= 0.6 is 11.3 Å². The predicted octanol–water partition coefficient (Wildman–Crippen LogP) is 3.61. The molecule has 0 amide bonds. The van der Waals surface area contributed by atoms with Crippen LogP contribution in [0, 0.1) is 0 Å². The van der Waals surface area contributed by atoms with Crippen molar-refractivity contribution < 1.29 is 9.53 Å². The van der Waals surface area contributed by atoms with Crippen LogP contribution in [0.1, 0.15) is 54.0 Å². The average molecular weight is 280 g/mol. The summed E-state index contributed by atoms with van der Waals surface area (Å²) in [6.07, 6.45) is 6.56. The van der Waals surface area contributed by atoms with Gasteiger partial charge in [0.1, 0.15) is 5.01 Å². The Morgan fingerprint density at radius 3 is 2.84 bits per heavy atom. The lowest BCUT2D eigenvalue weighted by atomic mass is 10.2. The topological polar surface area (TPSA) is 51.5 Å². The Labute approximate surface area is 118 Å². The molecule has 104 valence electrons. The number of thiazole rings is 1. The van der Waals surface area contributed by atoms with Crippen molar-refractivity contribution in [2.24, 2.45) is 4.99 Å². The van der Waals surface area contributed by atoms with E-state index in [-0.39, 0.29) is 5.97 Å². The van der Waals surface area contributed by atoms with Crippen molar-refractivity contribution in [3.05, 3.63) is 27.9 Å². The maximum absolute atomic E-state index is 11.7. The Hall–Kier alpha value is -1.49. The number of hydrogen-bond donors (Lipinski definition) is 0. The lowest BCUT2D eigenvalue weighted by Gasteiger charge is -1.98. The summed E-state index contributed by atoms with van der Waals surface area (Å²) in [4.78, 5) is 21.3. The molecule has 0 aliphatic carbocycles. The van der Waals surface area contributed by atoms with Crippen LogP contribution in [0.25, 0.3) is 0 Å². The van der Waals surface area contributed by atoms with E-state index in [0.29, 0.717) is 5.69 Å². The van der Waals surface area contributed by atoms with Crippen LogP contribution < -0.4 is 0 Å². The summed E-state index contributed by atoms with van der Waals surface area (Å²) < 4.78 is 4.78. The maximum atomic E-state index is 11.7. The highest BCUT2D eigenvalue weighted by Crippen LogP contribution is 2.22. The van der Waals surface area contributed by atoms with Gasteiger partial charge in [-0.25, -0.2) is 9.78 Å². The SMILES string of the molecule is C/C=C\N=C(C)c1nc(C(=O)OC)c(CCCC)s1. The number of aryl methyl sites for hydroxylation is 1. The zero-order valence-electron chi connectivity index (χ0n) is 11.9. The van der Waals surface area contributed by atoms with Gasteiger partial charge in [-0.15, -0.1) is 11.3 Å². The first-order chi connectivity index (χ1) is 9.13. The molecule has 0 aliphatic rings. The number of esters is 1. The van der Waals surface area contributed by atoms with E-state index in [1.54, 1.807) is 6.20 Å². The normalized spacial score (nSPS) is 12.1. The molecule has 0 spiro atoms. The number of nitrogens with zero attached hydrogens (tertiary/aromatic N) is 2. The maximum Gasteiger partial charge on any atom is 0.357 e. The zero-order chi connectivity index (χ0) is 14.3. The highest BCUT2D eigenvalue weighted by atomic mass is 32.1. The summed E-state index contributed by atoms with van der Waals surface area (Å²) in [5.41, 5.74) is 1.25. The Morgan fingerprint density at radius 1 is 1.53 bits per heavy atom. The minimum absolute atomic E-state index is 0.368. The van der Waals surface area contributed by atoms with Crippen molar-refractivity contribution >= 4 is 23.0 Å². The van der Waals surface area contributed by atoms with Gasteiger partial charge in [-0.05, 0) is 26.7 Å². The fourth-order valence-corrected chi connectivity index (χ4v) is 2.55. The molecule has 19 heavy (non-hydrogen) atoms. The number of rotatable bonds is 6. The van der Waals surface area contributed by atoms with Crippen LogP contribution in [0.15, 0.2) is 17.3 Å². The largest absolute Gasteiger partial charge is 0.464 e. The number of ether oxygens (including phenoxy) is 1. The fraction of sp³-hybridized carbons (Fsp3) is 0.500. The molecule has 4 nitrogen and oxygen atoms in total. The van der Waals surface area contributed by atoms with Crippen LogP contribution in [0.3, 0.4) is 0 Å². The average Bonchev–Trinajstić information content (AvgIpc) is 2.85. The highest BCUT2D eigenvalue weighted by molar-refractivity contribution is 7.14. The van der Waals surface area contributed by atoms with E-state index in [1.807, 2.05) is 19.9 Å². The Bertz CT molecular complexity index is 490. The first-order valence-corrected chi connectivity index (χ1v) is 7.19. The second-order valence-corrected chi connectivity index (χ2v) is 5.17. The zero-order valence-corrected chi connectivity index (χ0v) is 12.7. The first kappa shape index (κ1) is 15.6. The van der Waals surface area contributed by atoms with E-state index < -0.39 is 0 Å². The molecule has 0 atom stereocenters. The number of carbonyl (C=O) groups is 1. The summed E-state index contributed by atoms with van der Waals surface area (Å²) in [5, 5.41) is 0.782. The van der Waals surface area contributed by atoms with Crippen molar-refractivity contribution in [1.29, 1.82) is 0 Å². The molecule has 5 heteroatoms. The molecule has 0 fully saturated rings. The molecule has 0 saturated heterocycles. The van der Waals surface area contributed by atoms with Crippen LogP contribution in [0.2, 0.25) is 0 Å². The number of carbonyl (C=O) groups excluding carboxylic acids is 1. The minimum Gasteiger partial charge on any atom is -0.464 e. The molecule has 1 aromatic rings. The number of aliphatic imine (C=N–C) groups is 1. The minimum atomic E-state index is -0.368. The number of unbranched alkanes of at least 4 members (excludes halogenated alkanes) is 1. The standard InChI is InChI=1S/C14H20N2O2S/c1-5-7-8-11-12(14(17)18-4)16-13(19-11)10(3)15-9-6-2/h6,9H,5,7-8H2,1-4H3/b9-6-,15-10?. The van der Waals surface area contributed by atoms with E-state index in [9.17, 15) is 4.79 Å². The highest BCUT2D eigenvalue weighted by Gasteiger charge is 2.19. The van der Waals surface area contributed by atoms with Gasteiger partial charge in [0.25, 0.3) is 0 Å².